The van der Waals surface area contributed by atoms with Crippen LogP contribution in [0.1, 0.15) is 26.0 Å². The minimum atomic E-state index is -1.00. The second-order valence-corrected chi connectivity index (χ2v) is 7.62. The zero-order chi connectivity index (χ0) is 23.3. The minimum Gasteiger partial charge on any atom is -0.479 e. The number of benzene rings is 1. The number of carbonyl (C=O) groups is 1. The first-order chi connectivity index (χ1) is 15.3. The summed E-state index contributed by atoms with van der Waals surface area (Å²) in [7, 11) is 1.47. The lowest BCUT2D eigenvalue weighted by Gasteiger charge is -2.23. The van der Waals surface area contributed by atoms with Gasteiger partial charge < -0.3 is 14.6 Å². The molecule has 0 fully saturated rings. The second-order valence-electron chi connectivity index (χ2n) is 7.62. The van der Waals surface area contributed by atoms with E-state index in [2.05, 4.69) is 15.6 Å². The number of halogens is 2. The van der Waals surface area contributed by atoms with Crippen molar-refractivity contribution in [3.63, 3.8) is 0 Å². The van der Waals surface area contributed by atoms with E-state index in [9.17, 15) is 18.4 Å². The molecule has 170 valence electrons. The van der Waals surface area contributed by atoms with Crippen LogP contribution in [-0.4, -0.2) is 34.0 Å². The molecule has 1 N–H and O–H groups in total. The van der Waals surface area contributed by atoms with Gasteiger partial charge in [-0.05, 0) is 35.3 Å². The van der Waals surface area contributed by atoms with Gasteiger partial charge in [-0.15, -0.1) is 0 Å². The molecule has 1 amide bonds. The van der Waals surface area contributed by atoms with Crippen molar-refractivity contribution in [1.29, 1.82) is 0 Å². The van der Waals surface area contributed by atoms with Gasteiger partial charge in [0.25, 0.3) is 11.4 Å². The predicted molar refractivity (Wildman–Crippen MR) is 112 cm³/mol. The van der Waals surface area contributed by atoms with Crippen molar-refractivity contribution < 1.29 is 22.8 Å². The Bertz CT molecular complexity index is 1140. The average molecular weight is 446 g/mol. The number of nitrogens with one attached hydrogen (secondary N) is 1. The van der Waals surface area contributed by atoms with Crippen LogP contribution in [0.2, 0.25) is 0 Å². The largest absolute Gasteiger partial charge is 0.479 e. The summed E-state index contributed by atoms with van der Waals surface area (Å²) in [5, 5.41) is 10.9. The van der Waals surface area contributed by atoms with Crippen molar-refractivity contribution in [2.75, 3.05) is 7.11 Å². The number of nitrogens with zero attached hydrogens (tertiary/aromatic N) is 3. The standard InChI is InChI=1S/C22H24F2N4O4/c1-13(2)19(25-20(29)8-5-15-11-21(31-3)27-32-15)12-28-22(30)9-7-18(26-28)14-4-6-16(23)17(24)10-14/h4,6-7,9-11,13,19H,5,8,12H2,1-3H3,(H,25,29)/t19-/m1/s1. The Labute approximate surface area is 183 Å². The van der Waals surface area contributed by atoms with Gasteiger partial charge in [0.15, 0.2) is 11.6 Å². The van der Waals surface area contributed by atoms with E-state index in [1.54, 1.807) is 6.07 Å². The van der Waals surface area contributed by atoms with Gasteiger partial charge in [-0.2, -0.15) is 5.10 Å². The monoisotopic (exact) mass is 446 g/mol. The van der Waals surface area contributed by atoms with Crippen molar-refractivity contribution in [3.8, 4) is 17.1 Å². The number of aromatic nitrogens is 3. The van der Waals surface area contributed by atoms with Crippen LogP contribution in [0.25, 0.3) is 11.3 Å². The number of hydrogen-bond donors (Lipinski definition) is 1. The van der Waals surface area contributed by atoms with E-state index < -0.39 is 11.6 Å². The van der Waals surface area contributed by atoms with E-state index in [-0.39, 0.29) is 36.4 Å². The molecule has 1 aromatic carbocycles. The number of aryl methyl sites for hydroxylation is 1. The molecular weight excluding hydrogens is 422 g/mol. The third-order valence-electron chi connectivity index (χ3n) is 4.95. The zero-order valence-electron chi connectivity index (χ0n) is 18.0. The first kappa shape index (κ1) is 23.1. The van der Waals surface area contributed by atoms with E-state index >= 15 is 0 Å². The van der Waals surface area contributed by atoms with E-state index in [4.69, 9.17) is 9.26 Å². The highest BCUT2D eigenvalue weighted by molar-refractivity contribution is 5.76. The summed E-state index contributed by atoms with van der Waals surface area (Å²) in [5.41, 5.74) is 0.284. The first-order valence-corrected chi connectivity index (χ1v) is 10.1. The maximum absolute atomic E-state index is 13.6. The Morgan fingerprint density at radius 2 is 1.97 bits per heavy atom. The lowest BCUT2D eigenvalue weighted by molar-refractivity contribution is -0.122. The third kappa shape index (κ3) is 5.77. The van der Waals surface area contributed by atoms with Crippen LogP contribution in [0.5, 0.6) is 5.88 Å². The molecule has 2 heterocycles. The number of amides is 1. The maximum Gasteiger partial charge on any atom is 0.266 e. The molecular formula is C22H24F2N4O4. The highest BCUT2D eigenvalue weighted by Crippen LogP contribution is 2.19. The van der Waals surface area contributed by atoms with Crippen molar-refractivity contribution in [1.82, 2.24) is 20.3 Å². The van der Waals surface area contributed by atoms with Crippen LogP contribution in [0.4, 0.5) is 8.78 Å². The number of rotatable bonds is 9. The molecule has 1 atom stereocenters. The fraction of sp³-hybridized carbons (Fsp3) is 0.364. The van der Waals surface area contributed by atoms with Crippen molar-refractivity contribution in [3.05, 3.63) is 64.1 Å². The van der Waals surface area contributed by atoms with Gasteiger partial charge in [-0.25, -0.2) is 13.5 Å². The van der Waals surface area contributed by atoms with E-state index in [1.165, 1.54) is 30.0 Å². The van der Waals surface area contributed by atoms with Gasteiger partial charge >= 0.3 is 0 Å². The van der Waals surface area contributed by atoms with Gasteiger partial charge in [-0.1, -0.05) is 13.8 Å². The minimum absolute atomic E-state index is 0.00458. The summed E-state index contributed by atoms with van der Waals surface area (Å²) in [6.45, 7) is 3.95. The molecule has 0 unspecified atom stereocenters. The molecule has 3 rings (SSSR count). The molecule has 0 aliphatic rings. The van der Waals surface area contributed by atoms with Crippen molar-refractivity contribution in [2.24, 2.45) is 5.92 Å². The molecule has 0 saturated carbocycles. The Kier molecular flexibility index (Phi) is 7.34. The summed E-state index contributed by atoms with van der Waals surface area (Å²) in [6, 6.07) is 7.39. The summed E-state index contributed by atoms with van der Waals surface area (Å²) < 4.78 is 38.0. The first-order valence-electron chi connectivity index (χ1n) is 10.1. The summed E-state index contributed by atoms with van der Waals surface area (Å²) in [4.78, 5) is 24.8. The highest BCUT2D eigenvalue weighted by Gasteiger charge is 2.19. The predicted octanol–water partition coefficient (Wildman–Crippen LogP) is 2.96. The van der Waals surface area contributed by atoms with Crippen LogP contribution in [0.15, 0.2) is 45.7 Å². The van der Waals surface area contributed by atoms with Crippen LogP contribution < -0.4 is 15.6 Å². The summed E-state index contributed by atoms with van der Waals surface area (Å²) in [5.74, 6) is -1.32. The highest BCUT2D eigenvalue weighted by atomic mass is 19.2. The number of carbonyl (C=O) groups excluding carboxylic acids is 1. The molecule has 0 saturated heterocycles. The summed E-state index contributed by atoms with van der Waals surface area (Å²) in [6.07, 6.45) is 0.510. The van der Waals surface area contributed by atoms with Crippen LogP contribution in [-0.2, 0) is 17.8 Å². The SMILES string of the molecule is COc1cc(CCC(=O)N[C@H](Cn2nc(-c3ccc(F)c(F)c3)ccc2=O)C(C)C)on1. The number of hydrogen-bond acceptors (Lipinski definition) is 6. The van der Waals surface area contributed by atoms with Gasteiger partial charge in [-0.3, -0.25) is 9.59 Å². The van der Waals surface area contributed by atoms with E-state index in [1.807, 2.05) is 13.8 Å². The van der Waals surface area contributed by atoms with Crippen molar-refractivity contribution >= 4 is 5.91 Å². The van der Waals surface area contributed by atoms with Gasteiger partial charge in [0.2, 0.25) is 5.91 Å². The number of ether oxygens (including phenoxy) is 1. The Hall–Kier alpha value is -3.56. The Morgan fingerprint density at radius 3 is 2.62 bits per heavy atom. The zero-order valence-corrected chi connectivity index (χ0v) is 18.0. The molecule has 10 heteroatoms. The van der Waals surface area contributed by atoms with Crippen LogP contribution in [0.3, 0.4) is 0 Å². The lowest BCUT2D eigenvalue weighted by atomic mass is 10.0. The quantitative estimate of drug-likeness (QED) is 0.543. The van der Waals surface area contributed by atoms with Gasteiger partial charge in [0.05, 0.1) is 25.4 Å². The second kappa shape index (κ2) is 10.2. The average Bonchev–Trinajstić information content (AvgIpc) is 3.23. The molecule has 0 bridgehead atoms. The van der Waals surface area contributed by atoms with Crippen LogP contribution >= 0.6 is 0 Å². The summed E-state index contributed by atoms with van der Waals surface area (Å²) >= 11 is 0. The van der Waals surface area contributed by atoms with Crippen molar-refractivity contribution in [2.45, 2.75) is 39.3 Å². The molecule has 8 nitrogen and oxygen atoms in total. The third-order valence-corrected chi connectivity index (χ3v) is 4.95. The Morgan fingerprint density at radius 1 is 1.19 bits per heavy atom. The molecule has 0 aliphatic carbocycles. The van der Waals surface area contributed by atoms with Crippen LogP contribution in [0, 0.1) is 17.6 Å². The lowest BCUT2D eigenvalue weighted by Crippen LogP contribution is -2.44. The smallest absolute Gasteiger partial charge is 0.266 e. The Balaban J connectivity index is 1.70. The molecule has 0 aliphatic heterocycles. The fourth-order valence-electron chi connectivity index (χ4n) is 3.02. The molecule has 2 aromatic heterocycles. The van der Waals surface area contributed by atoms with Gasteiger partial charge in [0.1, 0.15) is 5.76 Å². The topological polar surface area (TPSA) is 99.2 Å². The molecule has 0 spiro atoms. The van der Waals surface area contributed by atoms with Gasteiger partial charge in [0, 0.05) is 30.5 Å². The fourth-order valence-corrected chi connectivity index (χ4v) is 3.02. The molecule has 32 heavy (non-hydrogen) atoms. The molecule has 3 aromatic rings. The number of methoxy groups -OCH3 is 1. The van der Waals surface area contributed by atoms with E-state index in [0.29, 0.717) is 29.3 Å². The van der Waals surface area contributed by atoms with E-state index in [0.717, 1.165) is 12.1 Å². The maximum atomic E-state index is 13.6. The molecule has 0 radical (unpaired) electrons. The normalized spacial score (nSPS) is 12.1.